The predicted molar refractivity (Wildman–Crippen MR) is 103 cm³/mol. The minimum atomic E-state index is -3.55. The van der Waals surface area contributed by atoms with Crippen molar-refractivity contribution in [1.29, 1.82) is 0 Å². The van der Waals surface area contributed by atoms with Crippen LogP contribution in [-0.2, 0) is 14.8 Å². The summed E-state index contributed by atoms with van der Waals surface area (Å²) in [5, 5.41) is 3.15. The van der Waals surface area contributed by atoms with Gasteiger partial charge in [0.05, 0.1) is 17.0 Å². The molecule has 0 fully saturated rings. The third-order valence-electron chi connectivity index (χ3n) is 3.73. The third-order valence-corrected chi connectivity index (χ3v) is 5.23. The van der Waals surface area contributed by atoms with Crippen molar-refractivity contribution in [2.75, 3.05) is 22.4 Å². The van der Waals surface area contributed by atoms with Crippen LogP contribution in [0.1, 0.15) is 17.5 Å². The Labute approximate surface area is 153 Å². The molecule has 0 aromatic heterocycles. The number of amides is 1. The molecular formula is C18H21ClN2O3S. The van der Waals surface area contributed by atoms with Crippen LogP contribution in [-0.4, -0.2) is 27.1 Å². The van der Waals surface area contributed by atoms with Crippen LogP contribution in [0, 0.1) is 13.8 Å². The van der Waals surface area contributed by atoms with Crippen LogP contribution in [0.15, 0.2) is 42.5 Å². The maximum Gasteiger partial charge on any atom is 0.232 e. The van der Waals surface area contributed by atoms with Crippen LogP contribution in [0.25, 0.3) is 0 Å². The Hall–Kier alpha value is -2.05. The van der Waals surface area contributed by atoms with Crippen LogP contribution in [0.4, 0.5) is 11.4 Å². The van der Waals surface area contributed by atoms with Gasteiger partial charge in [0.25, 0.3) is 0 Å². The summed E-state index contributed by atoms with van der Waals surface area (Å²) in [4.78, 5) is 12.3. The highest BCUT2D eigenvalue weighted by Gasteiger charge is 2.20. The molecule has 0 heterocycles. The van der Waals surface area contributed by atoms with E-state index in [4.69, 9.17) is 11.6 Å². The molecule has 1 amide bonds. The number of hydrogen-bond acceptors (Lipinski definition) is 3. The molecule has 25 heavy (non-hydrogen) atoms. The zero-order valence-corrected chi connectivity index (χ0v) is 16.0. The van der Waals surface area contributed by atoms with E-state index >= 15 is 0 Å². The summed E-state index contributed by atoms with van der Waals surface area (Å²) >= 11 is 6.10. The van der Waals surface area contributed by atoms with E-state index < -0.39 is 10.0 Å². The molecule has 5 nitrogen and oxygen atoms in total. The number of para-hydroxylation sites is 1. The Morgan fingerprint density at radius 1 is 1.16 bits per heavy atom. The number of hydrogen-bond donors (Lipinski definition) is 1. The van der Waals surface area contributed by atoms with Crippen LogP contribution in [0.5, 0.6) is 0 Å². The Kier molecular flexibility index (Phi) is 6.08. The first-order valence-electron chi connectivity index (χ1n) is 7.78. The largest absolute Gasteiger partial charge is 0.326 e. The van der Waals surface area contributed by atoms with Crippen molar-refractivity contribution in [2.24, 2.45) is 0 Å². The van der Waals surface area contributed by atoms with Gasteiger partial charge in [-0.15, -0.1) is 0 Å². The van der Waals surface area contributed by atoms with Gasteiger partial charge >= 0.3 is 0 Å². The van der Waals surface area contributed by atoms with Crippen molar-refractivity contribution in [3.05, 3.63) is 58.6 Å². The van der Waals surface area contributed by atoms with E-state index in [2.05, 4.69) is 5.32 Å². The number of carbonyl (C=O) groups is 1. The summed E-state index contributed by atoms with van der Waals surface area (Å²) in [6.45, 7) is 3.86. The van der Waals surface area contributed by atoms with E-state index in [0.29, 0.717) is 10.7 Å². The molecule has 2 rings (SSSR count). The predicted octanol–water partition coefficient (Wildman–Crippen LogP) is 3.75. The number of sulfonamides is 1. The maximum absolute atomic E-state index is 12.3. The normalized spacial score (nSPS) is 11.2. The van der Waals surface area contributed by atoms with Gasteiger partial charge in [-0.1, -0.05) is 35.9 Å². The van der Waals surface area contributed by atoms with Crippen molar-refractivity contribution in [2.45, 2.75) is 20.3 Å². The lowest BCUT2D eigenvalue weighted by Gasteiger charge is -2.23. The SMILES string of the molecule is Cc1ccc(C)c(NC(=O)CCN(c2ccccc2Cl)S(C)(=O)=O)c1. The van der Waals surface area contributed by atoms with Gasteiger partial charge in [0, 0.05) is 18.7 Å². The van der Waals surface area contributed by atoms with Gasteiger partial charge in [0.1, 0.15) is 0 Å². The molecule has 0 bridgehead atoms. The highest BCUT2D eigenvalue weighted by Crippen LogP contribution is 2.27. The minimum Gasteiger partial charge on any atom is -0.326 e. The van der Waals surface area contributed by atoms with E-state index in [1.165, 1.54) is 0 Å². The van der Waals surface area contributed by atoms with Gasteiger partial charge in [-0.3, -0.25) is 9.10 Å². The molecule has 0 saturated carbocycles. The molecular weight excluding hydrogens is 360 g/mol. The highest BCUT2D eigenvalue weighted by atomic mass is 35.5. The number of nitrogens with zero attached hydrogens (tertiary/aromatic N) is 1. The lowest BCUT2D eigenvalue weighted by atomic mass is 10.1. The van der Waals surface area contributed by atoms with E-state index in [1.54, 1.807) is 24.3 Å². The number of benzene rings is 2. The molecule has 2 aromatic carbocycles. The van der Waals surface area contributed by atoms with Gasteiger partial charge in [0.15, 0.2) is 0 Å². The molecule has 0 saturated heterocycles. The van der Waals surface area contributed by atoms with E-state index in [-0.39, 0.29) is 18.9 Å². The number of carbonyl (C=O) groups excluding carboxylic acids is 1. The van der Waals surface area contributed by atoms with Crippen molar-refractivity contribution in [3.8, 4) is 0 Å². The second kappa shape index (κ2) is 7.89. The first kappa shape index (κ1) is 19.3. The molecule has 0 atom stereocenters. The fourth-order valence-corrected chi connectivity index (χ4v) is 3.63. The first-order valence-corrected chi connectivity index (χ1v) is 10.0. The number of aryl methyl sites for hydroxylation is 2. The summed E-state index contributed by atoms with van der Waals surface area (Å²) < 4.78 is 25.3. The monoisotopic (exact) mass is 380 g/mol. The molecule has 1 N–H and O–H groups in total. The summed E-state index contributed by atoms with van der Waals surface area (Å²) in [5.41, 5.74) is 3.08. The second-order valence-corrected chi connectivity index (χ2v) is 8.22. The Morgan fingerprint density at radius 2 is 1.84 bits per heavy atom. The number of rotatable bonds is 6. The number of anilines is 2. The summed E-state index contributed by atoms with van der Waals surface area (Å²) in [5.74, 6) is -0.255. The molecule has 0 aliphatic heterocycles. The molecule has 2 aromatic rings. The highest BCUT2D eigenvalue weighted by molar-refractivity contribution is 7.92. The fourth-order valence-electron chi connectivity index (χ4n) is 2.41. The van der Waals surface area contributed by atoms with E-state index in [9.17, 15) is 13.2 Å². The van der Waals surface area contributed by atoms with Crippen molar-refractivity contribution in [3.63, 3.8) is 0 Å². The van der Waals surface area contributed by atoms with Gasteiger partial charge < -0.3 is 5.32 Å². The molecule has 134 valence electrons. The molecule has 0 unspecified atom stereocenters. The van der Waals surface area contributed by atoms with Gasteiger partial charge in [-0.05, 0) is 43.2 Å². The number of nitrogens with one attached hydrogen (secondary N) is 1. The van der Waals surface area contributed by atoms with Gasteiger partial charge in [-0.25, -0.2) is 8.42 Å². The quantitative estimate of drug-likeness (QED) is 0.829. The van der Waals surface area contributed by atoms with Crippen LogP contribution in [0.3, 0.4) is 0 Å². The van der Waals surface area contributed by atoms with Crippen molar-refractivity contribution in [1.82, 2.24) is 0 Å². The van der Waals surface area contributed by atoms with E-state index in [0.717, 1.165) is 27.4 Å². The first-order chi connectivity index (χ1) is 11.7. The molecule has 0 radical (unpaired) electrons. The summed E-state index contributed by atoms with van der Waals surface area (Å²) in [7, 11) is -3.55. The van der Waals surface area contributed by atoms with Crippen LogP contribution in [0.2, 0.25) is 5.02 Å². The minimum absolute atomic E-state index is 0.0132. The van der Waals surface area contributed by atoms with Gasteiger partial charge in [-0.2, -0.15) is 0 Å². The lowest BCUT2D eigenvalue weighted by Crippen LogP contribution is -2.33. The Bertz CT molecular complexity index is 882. The van der Waals surface area contributed by atoms with Crippen LogP contribution < -0.4 is 9.62 Å². The standard InChI is InChI=1S/C18H21ClN2O3S/c1-13-8-9-14(2)16(12-13)20-18(22)10-11-21(25(3,23)24)17-7-5-4-6-15(17)19/h4-9,12H,10-11H2,1-3H3,(H,20,22). The van der Waals surface area contributed by atoms with Gasteiger partial charge in [0.2, 0.25) is 15.9 Å². The average Bonchev–Trinajstić information content (AvgIpc) is 2.51. The maximum atomic E-state index is 12.3. The van der Waals surface area contributed by atoms with Crippen molar-refractivity contribution >= 4 is 38.9 Å². The zero-order valence-electron chi connectivity index (χ0n) is 14.4. The summed E-state index contributed by atoms with van der Waals surface area (Å²) in [6, 6.07) is 12.4. The van der Waals surface area contributed by atoms with E-state index in [1.807, 2.05) is 32.0 Å². The summed E-state index contributed by atoms with van der Waals surface area (Å²) in [6.07, 6.45) is 1.12. The Morgan fingerprint density at radius 3 is 2.48 bits per heavy atom. The average molecular weight is 381 g/mol. The zero-order chi connectivity index (χ0) is 18.6. The third kappa shape index (κ3) is 5.21. The fraction of sp³-hybridized carbons (Fsp3) is 0.278. The molecule has 7 heteroatoms. The molecule has 0 aliphatic rings. The smallest absolute Gasteiger partial charge is 0.232 e. The topological polar surface area (TPSA) is 66.5 Å². The lowest BCUT2D eigenvalue weighted by molar-refractivity contribution is -0.116. The van der Waals surface area contributed by atoms with Crippen molar-refractivity contribution < 1.29 is 13.2 Å². The van der Waals surface area contributed by atoms with Crippen LogP contribution >= 0.6 is 11.6 Å². The Balaban J connectivity index is 2.12. The second-order valence-electron chi connectivity index (χ2n) is 5.90. The molecule has 0 spiro atoms. The molecule has 0 aliphatic carbocycles. The number of halogens is 1.